The second kappa shape index (κ2) is 5.62. The van der Waals surface area contributed by atoms with E-state index in [1.807, 2.05) is 6.07 Å². The topological polar surface area (TPSA) is 17.8 Å². The van der Waals surface area contributed by atoms with Crippen molar-refractivity contribution in [3.05, 3.63) is 64.4 Å². The SMILES string of the molecule is Fc1ccc(Cn2c(CCl)nc3cc(Cl)ccc32)c(F)c1. The van der Waals surface area contributed by atoms with Gasteiger partial charge in [-0.1, -0.05) is 17.7 Å². The van der Waals surface area contributed by atoms with Gasteiger partial charge in [-0.2, -0.15) is 0 Å². The van der Waals surface area contributed by atoms with Gasteiger partial charge in [0.15, 0.2) is 0 Å². The number of aromatic nitrogens is 2. The zero-order valence-electron chi connectivity index (χ0n) is 10.8. The van der Waals surface area contributed by atoms with Crippen LogP contribution in [0.25, 0.3) is 11.0 Å². The number of hydrogen-bond acceptors (Lipinski definition) is 1. The molecule has 0 bridgehead atoms. The summed E-state index contributed by atoms with van der Waals surface area (Å²) in [7, 11) is 0. The summed E-state index contributed by atoms with van der Waals surface area (Å²) in [6.07, 6.45) is 0. The van der Waals surface area contributed by atoms with Crippen LogP contribution in [0.15, 0.2) is 36.4 Å². The van der Waals surface area contributed by atoms with E-state index in [1.165, 1.54) is 12.1 Å². The van der Waals surface area contributed by atoms with Crippen LogP contribution in [0.5, 0.6) is 0 Å². The lowest BCUT2D eigenvalue weighted by Crippen LogP contribution is -2.05. The van der Waals surface area contributed by atoms with Crippen LogP contribution in [0.4, 0.5) is 8.78 Å². The molecular weight excluding hydrogens is 317 g/mol. The van der Waals surface area contributed by atoms with Crippen molar-refractivity contribution in [2.24, 2.45) is 0 Å². The van der Waals surface area contributed by atoms with Crippen LogP contribution >= 0.6 is 23.2 Å². The molecule has 21 heavy (non-hydrogen) atoms. The molecule has 0 unspecified atom stereocenters. The van der Waals surface area contributed by atoms with Gasteiger partial charge in [-0.15, -0.1) is 11.6 Å². The normalized spacial score (nSPS) is 11.2. The van der Waals surface area contributed by atoms with Crippen molar-refractivity contribution in [1.29, 1.82) is 0 Å². The molecular formula is C15H10Cl2F2N2. The number of alkyl halides is 1. The Morgan fingerprint density at radius 1 is 1.10 bits per heavy atom. The fraction of sp³-hybridized carbons (Fsp3) is 0.133. The Balaban J connectivity index is 2.10. The van der Waals surface area contributed by atoms with Crippen molar-refractivity contribution in [2.75, 3.05) is 0 Å². The van der Waals surface area contributed by atoms with E-state index in [4.69, 9.17) is 23.2 Å². The first-order valence-electron chi connectivity index (χ1n) is 6.23. The number of benzene rings is 2. The number of fused-ring (bicyclic) bond motifs is 1. The molecule has 0 atom stereocenters. The third kappa shape index (κ3) is 2.74. The molecule has 0 fully saturated rings. The summed E-state index contributed by atoms with van der Waals surface area (Å²) in [6.45, 7) is 0.228. The van der Waals surface area contributed by atoms with Crippen molar-refractivity contribution in [3.8, 4) is 0 Å². The predicted octanol–water partition coefficient (Wildman–Crippen LogP) is 4.76. The van der Waals surface area contributed by atoms with Crippen molar-refractivity contribution < 1.29 is 8.78 Å². The lowest BCUT2D eigenvalue weighted by atomic mass is 10.2. The highest BCUT2D eigenvalue weighted by Gasteiger charge is 2.13. The van der Waals surface area contributed by atoms with Crippen molar-refractivity contribution in [1.82, 2.24) is 9.55 Å². The molecule has 2 nitrogen and oxygen atoms in total. The molecule has 1 heterocycles. The van der Waals surface area contributed by atoms with Gasteiger partial charge in [-0.05, 0) is 24.3 Å². The zero-order valence-corrected chi connectivity index (χ0v) is 12.3. The third-order valence-corrected chi connectivity index (χ3v) is 3.73. The van der Waals surface area contributed by atoms with Gasteiger partial charge < -0.3 is 4.57 Å². The van der Waals surface area contributed by atoms with Gasteiger partial charge in [0.1, 0.15) is 17.5 Å². The van der Waals surface area contributed by atoms with Crippen molar-refractivity contribution >= 4 is 34.2 Å². The summed E-state index contributed by atoms with van der Waals surface area (Å²) in [5.74, 6) is -0.394. The number of nitrogens with zero attached hydrogens (tertiary/aromatic N) is 2. The Hall–Kier alpha value is -1.65. The van der Waals surface area contributed by atoms with Crippen molar-refractivity contribution in [2.45, 2.75) is 12.4 Å². The van der Waals surface area contributed by atoms with Crippen LogP contribution in [-0.2, 0) is 12.4 Å². The summed E-state index contributed by atoms with van der Waals surface area (Å²) in [5, 5.41) is 0.571. The van der Waals surface area contributed by atoms with E-state index >= 15 is 0 Å². The van der Waals surface area contributed by atoms with E-state index in [1.54, 1.807) is 16.7 Å². The van der Waals surface area contributed by atoms with Gasteiger partial charge >= 0.3 is 0 Å². The van der Waals surface area contributed by atoms with E-state index in [0.29, 0.717) is 21.9 Å². The smallest absolute Gasteiger partial charge is 0.131 e. The Bertz CT molecular complexity index is 815. The van der Waals surface area contributed by atoms with Crippen LogP contribution < -0.4 is 0 Å². The minimum Gasteiger partial charge on any atom is -0.322 e. The zero-order chi connectivity index (χ0) is 15.0. The van der Waals surface area contributed by atoms with E-state index in [2.05, 4.69) is 4.98 Å². The minimum atomic E-state index is -0.601. The molecule has 0 aliphatic heterocycles. The number of halogens is 4. The second-order valence-electron chi connectivity index (χ2n) is 4.62. The molecule has 0 N–H and O–H groups in total. The summed E-state index contributed by atoms with van der Waals surface area (Å²) in [5.41, 5.74) is 1.87. The van der Waals surface area contributed by atoms with Gasteiger partial charge in [0, 0.05) is 16.7 Å². The molecule has 2 aromatic carbocycles. The largest absolute Gasteiger partial charge is 0.322 e. The standard InChI is InChI=1S/C15H10Cl2F2N2/c16-7-15-20-13-5-10(17)2-4-14(13)21(15)8-9-1-3-11(18)6-12(9)19/h1-6H,7-8H2. The molecule has 0 amide bonds. The Morgan fingerprint density at radius 2 is 1.90 bits per heavy atom. The van der Waals surface area contributed by atoms with Gasteiger partial charge in [0.2, 0.25) is 0 Å². The molecule has 3 aromatic rings. The van der Waals surface area contributed by atoms with Crippen LogP contribution in [-0.4, -0.2) is 9.55 Å². The quantitative estimate of drug-likeness (QED) is 0.635. The highest BCUT2D eigenvalue weighted by Crippen LogP contribution is 2.23. The van der Waals surface area contributed by atoms with Crippen LogP contribution in [0, 0.1) is 11.6 Å². The van der Waals surface area contributed by atoms with E-state index < -0.39 is 11.6 Å². The first kappa shape index (κ1) is 14.3. The van der Waals surface area contributed by atoms with Gasteiger partial charge in [-0.25, -0.2) is 13.8 Å². The summed E-state index contributed by atoms with van der Waals surface area (Å²) in [4.78, 5) is 4.39. The number of rotatable bonds is 3. The molecule has 0 saturated heterocycles. The predicted molar refractivity (Wildman–Crippen MR) is 79.8 cm³/mol. The van der Waals surface area contributed by atoms with E-state index in [-0.39, 0.29) is 12.4 Å². The fourth-order valence-corrected chi connectivity index (χ4v) is 2.62. The average Bonchev–Trinajstić information content (AvgIpc) is 2.79. The molecule has 0 aliphatic carbocycles. The van der Waals surface area contributed by atoms with Crippen LogP contribution in [0.1, 0.15) is 11.4 Å². The molecule has 6 heteroatoms. The molecule has 3 rings (SSSR count). The molecule has 0 aliphatic rings. The van der Waals surface area contributed by atoms with Gasteiger partial charge in [-0.3, -0.25) is 0 Å². The number of hydrogen-bond donors (Lipinski definition) is 0. The monoisotopic (exact) mass is 326 g/mol. The summed E-state index contributed by atoms with van der Waals surface area (Å²) >= 11 is 11.8. The van der Waals surface area contributed by atoms with Crippen molar-refractivity contribution in [3.63, 3.8) is 0 Å². The van der Waals surface area contributed by atoms with Crippen LogP contribution in [0.3, 0.4) is 0 Å². The maximum absolute atomic E-state index is 13.8. The second-order valence-corrected chi connectivity index (χ2v) is 5.32. The Morgan fingerprint density at radius 3 is 2.62 bits per heavy atom. The highest BCUT2D eigenvalue weighted by molar-refractivity contribution is 6.31. The molecule has 0 spiro atoms. The maximum atomic E-state index is 13.8. The third-order valence-electron chi connectivity index (χ3n) is 3.25. The molecule has 0 saturated carbocycles. The highest BCUT2D eigenvalue weighted by atomic mass is 35.5. The maximum Gasteiger partial charge on any atom is 0.131 e. The summed E-state index contributed by atoms with van der Waals surface area (Å²) in [6, 6.07) is 8.79. The fourth-order valence-electron chi connectivity index (χ4n) is 2.25. The summed E-state index contributed by atoms with van der Waals surface area (Å²) < 4.78 is 28.6. The average molecular weight is 327 g/mol. The molecule has 0 radical (unpaired) electrons. The first-order valence-corrected chi connectivity index (χ1v) is 7.14. The molecule has 1 aromatic heterocycles. The van der Waals surface area contributed by atoms with Crippen LogP contribution in [0.2, 0.25) is 5.02 Å². The lowest BCUT2D eigenvalue weighted by molar-refractivity contribution is 0.566. The van der Waals surface area contributed by atoms with Gasteiger partial charge in [0.25, 0.3) is 0 Å². The first-order chi connectivity index (χ1) is 10.1. The van der Waals surface area contributed by atoms with E-state index in [9.17, 15) is 8.78 Å². The Kier molecular flexibility index (Phi) is 3.83. The van der Waals surface area contributed by atoms with Gasteiger partial charge in [0.05, 0.1) is 23.5 Å². The lowest BCUT2D eigenvalue weighted by Gasteiger charge is -2.09. The van der Waals surface area contributed by atoms with E-state index in [0.717, 1.165) is 11.6 Å². The minimum absolute atomic E-state index is 0.190. The molecule has 108 valence electrons. The Labute approximate surface area is 129 Å². The number of imidazole rings is 1.